The molecule has 0 amide bonds. The van der Waals surface area contributed by atoms with Gasteiger partial charge in [0.2, 0.25) is 5.88 Å². The fourth-order valence-electron chi connectivity index (χ4n) is 0.887. The number of nitrogens with zero attached hydrogens (tertiary/aromatic N) is 1. The molecule has 1 aromatic heterocycles. The molecule has 2 heterocycles. The lowest BCUT2D eigenvalue weighted by molar-refractivity contribution is 0.488. The van der Waals surface area contributed by atoms with Gasteiger partial charge in [0.25, 0.3) is 0 Å². The monoisotopic (exact) mass is 154 g/mol. The van der Waals surface area contributed by atoms with Crippen molar-refractivity contribution in [2.24, 2.45) is 4.99 Å². The molecule has 0 unspecified atom stereocenters. The van der Waals surface area contributed by atoms with Crippen molar-refractivity contribution < 1.29 is 4.42 Å². The highest BCUT2D eigenvalue weighted by molar-refractivity contribution is 7.80. The van der Waals surface area contributed by atoms with E-state index in [0.717, 1.165) is 11.4 Å². The van der Waals surface area contributed by atoms with Crippen molar-refractivity contribution in [2.75, 3.05) is 12.0 Å². The summed E-state index contributed by atoms with van der Waals surface area (Å²) in [6.45, 7) is 0.591. The third-order valence-corrected chi connectivity index (χ3v) is 1.53. The van der Waals surface area contributed by atoms with Gasteiger partial charge in [-0.15, -0.1) is 12.6 Å². The first-order valence-corrected chi connectivity index (χ1v) is 3.37. The lowest BCUT2D eigenvalue weighted by Gasteiger charge is -2.03. The lowest BCUT2D eigenvalue weighted by Crippen LogP contribution is -2.04. The highest BCUT2D eigenvalue weighted by Gasteiger charge is 2.08. The molecule has 0 saturated carbocycles. The maximum atomic E-state index is 5.17. The van der Waals surface area contributed by atoms with Crippen LogP contribution in [0.2, 0.25) is 0 Å². The van der Waals surface area contributed by atoms with Crippen molar-refractivity contribution in [3.8, 4) is 0 Å². The third kappa shape index (κ3) is 0.806. The predicted molar refractivity (Wildman–Crippen MR) is 42.0 cm³/mol. The van der Waals surface area contributed by atoms with Crippen molar-refractivity contribution in [3.05, 3.63) is 11.6 Å². The average molecular weight is 154 g/mol. The van der Waals surface area contributed by atoms with Gasteiger partial charge in [-0.1, -0.05) is 0 Å². The number of fused-ring (bicyclic) bond motifs is 1. The summed E-state index contributed by atoms with van der Waals surface area (Å²) in [5.74, 6) is 0.764. The zero-order chi connectivity index (χ0) is 6.97. The van der Waals surface area contributed by atoms with Gasteiger partial charge in [0.15, 0.2) is 5.09 Å². The first kappa shape index (κ1) is 5.85. The van der Waals surface area contributed by atoms with Gasteiger partial charge in [0.05, 0.1) is 5.56 Å². The van der Waals surface area contributed by atoms with Crippen LogP contribution in [0.3, 0.4) is 0 Å². The van der Waals surface area contributed by atoms with Crippen molar-refractivity contribution in [1.29, 1.82) is 0 Å². The van der Waals surface area contributed by atoms with Crippen LogP contribution < -0.4 is 5.32 Å². The molecular weight excluding hydrogens is 148 g/mol. The number of aliphatic imine (C=N–C) groups is 1. The second-order valence-corrected chi connectivity index (χ2v) is 2.46. The summed E-state index contributed by atoms with van der Waals surface area (Å²) in [5, 5.41) is 3.59. The molecular formula is C6H6N2OS. The number of anilines is 1. The van der Waals surface area contributed by atoms with Crippen LogP contribution in [-0.2, 0) is 0 Å². The maximum Gasteiger partial charge on any atom is 0.204 e. The Balaban J connectivity index is 2.53. The van der Waals surface area contributed by atoms with Gasteiger partial charge < -0.3 is 9.73 Å². The summed E-state index contributed by atoms with van der Waals surface area (Å²) in [6.07, 6.45) is 1.77. The number of thiol groups is 1. The molecule has 4 heteroatoms. The van der Waals surface area contributed by atoms with Crippen LogP contribution in [0.5, 0.6) is 0 Å². The van der Waals surface area contributed by atoms with Crippen molar-refractivity contribution in [3.63, 3.8) is 0 Å². The number of hydrogen-bond acceptors (Lipinski definition) is 4. The van der Waals surface area contributed by atoms with E-state index in [2.05, 4.69) is 22.9 Å². The van der Waals surface area contributed by atoms with Gasteiger partial charge in [-0.05, 0) is 0 Å². The quantitative estimate of drug-likeness (QED) is 0.554. The summed E-state index contributed by atoms with van der Waals surface area (Å²) in [4.78, 5) is 4.00. The third-order valence-electron chi connectivity index (χ3n) is 1.31. The van der Waals surface area contributed by atoms with Crippen molar-refractivity contribution in [2.45, 2.75) is 5.09 Å². The Hall–Kier alpha value is -0.900. The van der Waals surface area contributed by atoms with Gasteiger partial charge in [0, 0.05) is 12.3 Å². The van der Waals surface area contributed by atoms with Gasteiger partial charge in [-0.3, -0.25) is 4.99 Å². The molecule has 0 fully saturated rings. The molecule has 0 aliphatic carbocycles. The Morgan fingerprint density at radius 3 is 3.40 bits per heavy atom. The number of rotatable bonds is 0. The Labute approximate surface area is 63.6 Å². The average Bonchev–Trinajstić information content (AvgIpc) is 2.27. The Bertz CT molecular complexity index is 279. The van der Waals surface area contributed by atoms with Crippen LogP contribution in [0.4, 0.5) is 5.88 Å². The van der Waals surface area contributed by atoms with Crippen LogP contribution in [0.25, 0.3) is 0 Å². The topological polar surface area (TPSA) is 37.5 Å². The zero-order valence-corrected chi connectivity index (χ0v) is 6.06. The molecule has 0 aromatic carbocycles. The molecule has 2 rings (SSSR count). The highest BCUT2D eigenvalue weighted by Crippen LogP contribution is 2.23. The highest BCUT2D eigenvalue weighted by atomic mass is 32.1. The largest absolute Gasteiger partial charge is 0.434 e. The molecule has 1 aliphatic heterocycles. The minimum absolute atomic E-state index is 0.591. The molecule has 1 aromatic rings. The second-order valence-electron chi connectivity index (χ2n) is 2.02. The van der Waals surface area contributed by atoms with E-state index in [1.54, 1.807) is 6.21 Å². The van der Waals surface area contributed by atoms with E-state index < -0.39 is 0 Å². The van der Waals surface area contributed by atoms with E-state index in [9.17, 15) is 0 Å². The number of nitrogens with one attached hydrogen (secondary N) is 1. The van der Waals surface area contributed by atoms with Crippen LogP contribution in [0.1, 0.15) is 5.56 Å². The number of hydrogen-bond donors (Lipinski definition) is 2. The molecule has 0 saturated heterocycles. The predicted octanol–water partition coefficient (Wildman–Crippen LogP) is 1.37. The molecule has 1 N–H and O–H groups in total. The molecule has 3 nitrogen and oxygen atoms in total. The lowest BCUT2D eigenvalue weighted by atomic mass is 10.3. The van der Waals surface area contributed by atoms with Crippen LogP contribution >= 0.6 is 12.6 Å². The standard InChI is InChI=1S/C6H6N2OS/c10-5-1-4-2-7-3-8-6(4)9-5/h1-2,8,10H,3H2. The molecule has 0 spiro atoms. The molecule has 0 radical (unpaired) electrons. The SMILES string of the molecule is Sc1cc2c(o1)NCN=C2. The Morgan fingerprint density at radius 2 is 2.60 bits per heavy atom. The van der Waals surface area contributed by atoms with E-state index >= 15 is 0 Å². The minimum atomic E-state index is 0.591. The van der Waals surface area contributed by atoms with E-state index in [1.807, 2.05) is 6.07 Å². The van der Waals surface area contributed by atoms with E-state index in [0.29, 0.717) is 11.8 Å². The first-order chi connectivity index (χ1) is 4.86. The Morgan fingerprint density at radius 1 is 1.70 bits per heavy atom. The van der Waals surface area contributed by atoms with E-state index in [4.69, 9.17) is 4.42 Å². The van der Waals surface area contributed by atoms with Crippen molar-refractivity contribution >= 4 is 24.7 Å². The van der Waals surface area contributed by atoms with E-state index in [-0.39, 0.29) is 0 Å². The normalized spacial score (nSPS) is 14.5. The molecule has 52 valence electrons. The number of furan rings is 1. The second kappa shape index (κ2) is 2.05. The van der Waals surface area contributed by atoms with E-state index in [1.165, 1.54) is 0 Å². The van der Waals surface area contributed by atoms with Gasteiger partial charge in [-0.25, -0.2) is 0 Å². The molecule has 0 bridgehead atoms. The minimum Gasteiger partial charge on any atom is -0.434 e. The van der Waals surface area contributed by atoms with Crippen LogP contribution in [0, 0.1) is 0 Å². The fraction of sp³-hybridized carbons (Fsp3) is 0.167. The Kier molecular flexibility index (Phi) is 1.20. The van der Waals surface area contributed by atoms with Gasteiger partial charge in [0.1, 0.15) is 6.67 Å². The first-order valence-electron chi connectivity index (χ1n) is 2.93. The van der Waals surface area contributed by atoms with Crippen molar-refractivity contribution in [1.82, 2.24) is 0 Å². The summed E-state index contributed by atoms with van der Waals surface area (Å²) in [5.41, 5.74) is 0.969. The van der Waals surface area contributed by atoms with Gasteiger partial charge in [-0.2, -0.15) is 0 Å². The molecule has 10 heavy (non-hydrogen) atoms. The summed E-state index contributed by atoms with van der Waals surface area (Å²) in [6, 6.07) is 1.83. The van der Waals surface area contributed by atoms with Crippen LogP contribution in [0.15, 0.2) is 20.6 Å². The van der Waals surface area contributed by atoms with Gasteiger partial charge >= 0.3 is 0 Å². The van der Waals surface area contributed by atoms with Crippen LogP contribution in [-0.4, -0.2) is 12.9 Å². The zero-order valence-electron chi connectivity index (χ0n) is 5.16. The maximum absolute atomic E-state index is 5.17. The molecule has 1 aliphatic rings. The molecule has 0 atom stereocenters. The summed E-state index contributed by atoms with van der Waals surface area (Å²) < 4.78 is 5.17. The summed E-state index contributed by atoms with van der Waals surface area (Å²) >= 11 is 4.04. The smallest absolute Gasteiger partial charge is 0.204 e. The fourth-order valence-corrected chi connectivity index (χ4v) is 1.12. The summed E-state index contributed by atoms with van der Waals surface area (Å²) in [7, 11) is 0.